The Balaban J connectivity index is 1.27. The monoisotopic (exact) mass is 496 g/mol. The molecule has 36 heavy (non-hydrogen) atoms. The Morgan fingerprint density at radius 3 is 2.81 bits per heavy atom. The van der Waals surface area contributed by atoms with Crippen molar-refractivity contribution < 1.29 is 23.5 Å². The molecule has 190 valence electrons. The molecule has 1 saturated heterocycles. The molecular formula is C25H29FN6O4. The maximum Gasteiger partial charge on any atom is 0.410 e. The van der Waals surface area contributed by atoms with Gasteiger partial charge in [0, 0.05) is 55.6 Å². The summed E-state index contributed by atoms with van der Waals surface area (Å²) in [6.07, 6.45) is 4.02. The number of hydrogen-bond acceptors (Lipinski definition) is 6. The summed E-state index contributed by atoms with van der Waals surface area (Å²) in [5.74, 6) is 0.653. The van der Waals surface area contributed by atoms with E-state index in [1.54, 1.807) is 36.5 Å². The van der Waals surface area contributed by atoms with Crippen LogP contribution >= 0.6 is 0 Å². The van der Waals surface area contributed by atoms with Gasteiger partial charge in [0.05, 0.1) is 6.54 Å². The number of nitrogens with one attached hydrogen (secondary N) is 1. The van der Waals surface area contributed by atoms with Crippen molar-refractivity contribution in [3.63, 3.8) is 0 Å². The first kappa shape index (κ1) is 23.8. The first-order valence-electron chi connectivity index (χ1n) is 11.9. The third-order valence-corrected chi connectivity index (χ3v) is 6.09. The number of halogens is 1. The highest BCUT2D eigenvalue weighted by molar-refractivity contribution is 6.03. The molecule has 10 nitrogen and oxygen atoms in total. The number of pyridine rings is 1. The summed E-state index contributed by atoms with van der Waals surface area (Å²) in [5.41, 5.74) is 0.869. The highest BCUT2D eigenvalue weighted by Crippen LogP contribution is 2.35. The summed E-state index contributed by atoms with van der Waals surface area (Å²) in [7, 11) is 1.71. The van der Waals surface area contributed by atoms with Crippen LogP contribution in [-0.2, 0) is 18.2 Å². The smallest absolute Gasteiger partial charge is 0.410 e. The predicted molar refractivity (Wildman–Crippen MR) is 132 cm³/mol. The molecule has 4 heterocycles. The maximum atomic E-state index is 14.4. The summed E-state index contributed by atoms with van der Waals surface area (Å²) in [6.45, 7) is 6.92. The van der Waals surface area contributed by atoms with Gasteiger partial charge in [-0.05, 0) is 45.4 Å². The molecule has 5 rings (SSSR count). The number of anilines is 2. The van der Waals surface area contributed by atoms with Crippen molar-refractivity contribution in [2.75, 3.05) is 29.9 Å². The average Bonchev–Trinajstić information content (AvgIpc) is 3.51. The number of aromatic nitrogens is 3. The number of aryl methyl sites for hydroxylation is 1. The minimum Gasteiger partial charge on any atom is -0.488 e. The molecule has 0 aliphatic carbocycles. The Labute approximate surface area is 208 Å². The van der Waals surface area contributed by atoms with Gasteiger partial charge in [-0.1, -0.05) is 0 Å². The van der Waals surface area contributed by atoms with E-state index >= 15 is 0 Å². The third-order valence-electron chi connectivity index (χ3n) is 6.09. The summed E-state index contributed by atoms with van der Waals surface area (Å²) in [5, 5.41) is 7.45. The molecular weight excluding hydrogens is 467 g/mol. The number of nitrogens with zero attached hydrogens (tertiary/aromatic N) is 5. The number of urea groups is 1. The number of carbonyl (C=O) groups is 2. The van der Waals surface area contributed by atoms with E-state index in [0.717, 1.165) is 5.56 Å². The number of ether oxygens (including phenoxy) is 2. The molecule has 0 saturated carbocycles. The minimum absolute atomic E-state index is 0.180. The van der Waals surface area contributed by atoms with Gasteiger partial charge in [0.1, 0.15) is 28.8 Å². The van der Waals surface area contributed by atoms with Crippen LogP contribution in [0, 0.1) is 5.82 Å². The SMILES string of the molecule is Cn1cc2cc(NC(=O)N3CCc4c(OC5CCN(C(=O)OC(C)(C)C)C5)ccnc43)cc(F)c2n1. The second-order valence-electron chi connectivity index (χ2n) is 10.1. The zero-order valence-electron chi connectivity index (χ0n) is 20.7. The number of fused-ring (bicyclic) bond motifs is 2. The quantitative estimate of drug-likeness (QED) is 0.586. The molecule has 1 fully saturated rings. The summed E-state index contributed by atoms with van der Waals surface area (Å²) >= 11 is 0. The molecule has 0 spiro atoms. The Morgan fingerprint density at radius 2 is 2.03 bits per heavy atom. The van der Waals surface area contributed by atoms with Crippen LogP contribution in [0.15, 0.2) is 30.6 Å². The van der Waals surface area contributed by atoms with Crippen molar-refractivity contribution in [1.29, 1.82) is 0 Å². The summed E-state index contributed by atoms with van der Waals surface area (Å²) < 4.78 is 27.6. The number of benzene rings is 1. The van der Waals surface area contributed by atoms with Crippen LogP contribution in [0.1, 0.15) is 32.8 Å². The van der Waals surface area contributed by atoms with Gasteiger partial charge in [0.15, 0.2) is 5.82 Å². The normalized spacial score (nSPS) is 17.4. The fraction of sp³-hybridized carbons (Fsp3) is 0.440. The van der Waals surface area contributed by atoms with Gasteiger partial charge in [-0.25, -0.2) is 19.0 Å². The fourth-order valence-electron chi connectivity index (χ4n) is 4.54. The van der Waals surface area contributed by atoms with Gasteiger partial charge in [0.25, 0.3) is 0 Å². The number of carbonyl (C=O) groups excluding carboxylic acids is 2. The van der Waals surface area contributed by atoms with Crippen molar-refractivity contribution >= 4 is 34.5 Å². The summed E-state index contributed by atoms with van der Waals surface area (Å²) in [4.78, 5) is 33.0. The standard InChI is InChI=1S/C25H29FN6O4/c1-25(2,3)36-24(34)31-9-6-17(14-31)35-20-5-8-27-22-18(20)7-10-32(22)23(33)28-16-11-15-13-30(4)29-21(15)19(26)12-16/h5,8,11-13,17H,6-7,9-10,14H2,1-4H3,(H,28,33). The van der Waals surface area contributed by atoms with E-state index in [2.05, 4.69) is 15.4 Å². The lowest BCUT2D eigenvalue weighted by Gasteiger charge is -2.24. The van der Waals surface area contributed by atoms with Gasteiger partial charge in [0.2, 0.25) is 0 Å². The molecule has 1 aromatic carbocycles. The Morgan fingerprint density at radius 1 is 1.22 bits per heavy atom. The molecule has 3 aromatic rings. The van der Waals surface area contributed by atoms with Crippen LogP contribution < -0.4 is 15.0 Å². The number of likely N-dealkylation sites (tertiary alicyclic amines) is 1. The van der Waals surface area contributed by atoms with E-state index in [-0.39, 0.29) is 17.7 Å². The largest absolute Gasteiger partial charge is 0.488 e. The molecule has 2 aromatic heterocycles. The van der Waals surface area contributed by atoms with Crippen LogP contribution in [0.2, 0.25) is 0 Å². The average molecular weight is 497 g/mol. The Kier molecular flexibility index (Phi) is 5.93. The van der Waals surface area contributed by atoms with Gasteiger partial charge in [-0.15, -0.1) is 0 Å². The Bertz CT molecular complexity index is 1330. The van der Waals surface area contributed by atoms with E-state index in [4.69, 9.17) is 9.47 Å². The molecule has 1 unspecified atom stereocenters. The van der Waals surface area contributed by atoms with E-state index in [9.17, 15) is 14.0 Å². The van der Waals surface area contributed by atoms with Gasteiger partial charge in [-0.2, -0.15) is 5.10 Å². The molecule has 0 bridgehead atoms. The van der Waals surface area contributed by atoms with Crippen LogP contribution in [0.5, 0.6) is 5.75 Å². The lowest BCUT2D eigenvalue weighted by Crippen LogP contribution is -2.36. The molecule has 3 amide bonds. The lowest BCUT2D eigenvalue weighted by atomic mass is 10.2. The maximum absolute atomic E-state index is 14.4. The van der Waals surface area contributed by atoms with Crippen molar-refractivity contribution in [1.82, 2.24) is 19.7 Å². The van der Waals surface area contributed by atoms with Crippen molar-refractivity contribution in [3.8, 4) is 5.75 Å². The summed E-state index contributed by atoms with van der Waals surface area (Å²) in [6, 6.07) is 4.32. The molecule has 0 radical (unpaired) electrons. The van der Waals surface area contributed by atoms with Crippen molar-refractivity contribution in [2.45, 2.75) is 45.3 Å². The fourth-order valence-corrected chi connectivity index (χ4v) is 4.54. The van der Waals surface area contributed by atoms with Crippen molar-refractivity contribution in [3.05, 3.63) is 42.0 Å². The van der Waals surface area contributed by atoms with Crippen LogP contribution in [0.3, 0.4) is 0 Å². The Hall–Kier alpha value is -3.89. The number of hydrogen-bond donors (Lipinski definition) is 1. The second-order valence-corrected chi connectivity index (χ2v) is 10.1. The topological polar surface area (TPSA) is 102 Å². The zero-order valence-corrected chi connectivity index (χ0v) is 20.7. The van der Waals surface area contributed by atoms with Crippen molar-refractivity contribution in [2.24, 2.45) is 7.05 Å². The van der Waals surface area contributed by atoms with Gasteiger partial charge in [-0.3, -0.25) is 9.58 Å². The van der Waals surface area contributed by atoms with E-state index in [1.807, 2.05) is 20.8 Å². The second kappa shape index (κ2) is 8.96. The first-order chi connectivity index (χ1) is 17.1. The lowest BCUT2D eigenvalue weighted by molar-refractivity contribution is 0.0275. The number of rotatable bonds is 3. The molecule has 2 aliphatic rings. The van der Waals surface area contributed by atoms with E-state index < -0.39 is 17.4 Å². The van der Waals surface area contributed by atoms with Crippen LogP contribution in [0.4, 0.5) is 25.5 Å². The number of amides is 3. The van der Waals surface area contributed by atoms with Gasteiger partial charge >= 0.3 is 12.1 Å². The molecule has 1 atom stereocenters. The molecule has 2 aliphatic heterocycles. The first-order valence-corrected chi connectivity index (χ1v) is 11.9. The minimum atomic E-state index is -0.554. The third kappa shape index (κ3) is 4.77. The highest BCUT2D eigenvalue weighted by atomic mass is 19.1. The predicted octanol–water partition coefficient (Wildman–Crippen LogP) is 4.09. The van der Waals surface area contributed by atoms with E-state index in [0.29, 0.717) is 55.1 Å². The van der Waals surface area contributed by atoms with Gasteiger partial charge < -0.3 is 19.7 Å². The highest BCUT2D eigenvalue weighted by Gasteiger charge is 2.33. The zero-order chi connectivity index (χ0) is 25.6. The molecule has 11 heteroatoms. The molecule has 1 N–H and O–H groups in total. The van der Waals surface area contributed by atoms with Crippen LogP contribution in [-0.4, -0.2) is 63.1 Å². The van der Waals surface area contributed by atoms with E-state index in [1.165, 1.54) is 15.6 Å². The van der Waals surface area contributed by atoms with Crippen LogP contribution in [0.25, 0.3) is 10.9 Å².